The highest BCUT2D eigenvalue weighted by molar-refractivity contribution is 8.18. The van der Waals surface area contributed by atoms with Gasteiger partial charge in [0.2, 0.25) is 5.91 Å². The number of amides is 3. The third-order valence-corrected chi connectivity index (χ3v) is 4.50. The number of nitrogens with zero attached hydrogens (tertiary/aromatic N) is 1. The summed E-state index contributed by atoms with van der Waals surface area (Å²) < 4.78 is 15.6. The molecule has 0 bridgehead atoms. The van der Waals surface area contributed by atoms with Crippen molar-refractivity contribution in [2.24, 2.45) is 0 Å². The summed E-state index contributed by atoms with van der Waals surface area (Å²) >= 11 is 0.797. The molecule has 1 aromatic carbocycles. The average Bonchev–Trinajstić information content (AvgIpc) is 2.90. The lowest BCUT2D eigenvalue weighted by atomic mass is 10.2. The lowest BCUT2D eigenvalue weighted by molar-refractivity contribution is -0.129. The molecule has 1 heterocycles. The molecule has 1 N–H and O–H groups in total. The van der Waals surface area contributed by atoms with E-state index >= 15 is 0 Å². The highest BCUT2D eigenvalue weighted by Gasteiger charge is 2.36. The molecule has 1 aliphatic rings. The summed E-state index contributed by atoms with van der Waals surface area (Å²) in [5, 5.41) is 2.10. The number of carbonyl (C=O) groups excluding carboxylic acids is 3. The Labute approximate surface area is 161 Å². The zero-order valence-electron chi connectivity index (χ0n) is 15.4. The number of rotatable bonds is 9. The first-order valence-electron chi connectivity index (χ1n) is 8.32. The van der Waals surface area contributed by atoms with Gasteiger partial charge < -0.3 is 19.5 Å². The molecule has 9 heteroatoms. The third kappa shape index (κ3) is 5.48. The Bertz CT molecular complexity index is 749. The number of benzene rings is 1. The molecule has 1 saturated heterocycles. The first kappa shape index (κ1) is 20.8. The van der Waals surface area contributed by atoms with Crippen molar-refractivity contribution in [3.8, 4) is 11.5 Å². The van der Waals surface area contributed by atoms with Crippen molar-refractivity contribution in [1.29, 1.82) is 0 Å². The maximum atomic E-state index is 12.5. The molecule has 0 aliphatic carbocycles. The smallest absolute Gasteiger partial charge is 0.294 e. The molecular weight excluding hydrogens is 372 g/mol. The maximum Gasteiger partial charge on any atom is 0.294 e. The van der Waals surface area contributed by atoms with E-state index in [1.807, 2.05) is 6.92 Å². The van der Waals surface area contributed by atoms with E-state index in [4.69, 9.17) is 14.2 Å². The predicted octanol–water partition coefficient (Wildman–Crippen LogP) is 1.89. The van der Waals surface area contributed by atoms with E-state index in [2.05, 4.69) is 5.32 Å². The van der Waals surface area contributed by atoms with Gasteiger partial charge in [0.05, 0.1) is 25.2 Å². The molecule has 0 atom stereocenters. The number of nitrogens with one attached hydrogen (secondary N) is 1. The molecule has 2 rings (SSSR count). The van der Waals surface area contributed by atoms with Gasteiger partial charge in [0.1, 0.15) is 6.54 Å². The SMILES string of the molecule is CCOc1ccc(/C=C2\SC(=O)N(CC(=O)NCCOC)C2=O)cc1OC. The molecule has 8 nitrogen and oxygen atoms in total. The van der Waals surface area contributed by atoms with Crippen molar-refractivity contribution >= 4 is 34.9 Å². The van der Waals surface area contributed by atoms with E-state index in [0.717, 1.165) is 16.7 Å². The summed E-state index contributed by atoms with van der Waals surface area (Å²) in [7, 11) is 3.04. The van der Waals surface area contributed by atoms with Gasteiger partial charge >= 0.3 is 0 Å². The van der Waals surface area contributed by atoms with Gasteiger partial charge in [0.25, 0.3) is 11.1 Å². The first-order valence-corrected chi connectivity index (χ1v) is 9.13. The maximum absolute atomic E-state index is 12.5. The summed E-state index contributed by atoms with van der Waals surface area (Å²) in [5.74, 6) is 0.207. The standard InChI is InChI=1S/C18H22N2O6S/c1-4-26-13-6-5-12(9-14(13)25-3)10-15-17(22)20(18(23)27-15)11-16(21)19-7-8-24-2/h5-6,9-10H,4,7-8,11H2,1-3H3,(H,19,21)/b15-10-. The number of thioether (sulfide) groups is 1. The van der Waals surface area contributed by atoms with Crippen molar-refractivity contribution in [3.05, 3.63) is 28.7 Å². The van der Waals surface area contributed by atoms with Gasteiger partial charge in [-0.15, -0.1) is 0 Å². The molecule has 1 aromatic rings. The van der Waals surface area contributed by atoms with Crippen molar-refractivity contribution < 1.29 is 28.6 Å². The monoisotopic (exact) mass is 394 g/mol. The zero-order chi connectivity index (χ0) is 19.8. The third-order valence-electron chi connectivity index (χ3n) is 3.59. The van der Waals surface area contributed by atoms with E-state index in [1.54, 1.807) is 24.3 Å². The van der Waals surface area contributed by atoms with Crippen LogP contribution < -0.4 is 14.8 Å². The molecule has 0 unspecified atom stereocenters. The summed E-state index contributed by atoms with van der Waals surface area (Å²) in [5.41, 5.74) is 0.686. The van der Waals surface area contributed by atoms with Gasteiger partial charge in [0, 0.05) is 13.7 Å². The van der Waals surface area contributed by atoms with E-state index in [9.17, 15) is 14.4 Å². The second-order valence-corrected chi connectivity index (χ2v) is 6.45. The van der Waals surface area contributed by atoms with E-state index in [-0.39, 0.29) is 11.4 Å². The van der Waals surface area contributed by atoms with Crippen molar-refractivity contribution in [2.45, 2.75) is 6.92 Å². The quantitative estimate of drug-likeness (QED) is 0.505. The Morgan fingerprint density at radius 1 is 1.26 bits per heavy atom. The van der Waals surface area contributed by atoms with E-state index in [0.29, 0.717) is 36.8 Å². The van der Waals surface area contributed by atoms with Crippen LogP contribution in [0.3, 0.4) is 0 Å². The van der Waals surface area contributed by atoms with Gasteiger partial charge in [-0.3, -0.25) is 19.3 Å². The van der Waals surface area contributed by atoms with Crippen molar-refractivity contribution in [2.75, 3.05) is 40.5 Å². The Balaban J connectivity index is 2.10. The van der Waals surface area contributed by atoms with E-state index in [1.165, 1.54) is 14.2 Å². The largest absolute Gasteiger partial charge is 0.493 e. The average molecular weight is 394 g/mol. The van der Waals surface area contributed by atoms with Crippen LogP contribution in [0.15, 0.2) is 23.1 Å². The molecule has 146 valence electrons. The van der Waals surface area contributed by atoms with E-state index < -0.39 is 17.1 Å². The number of hydrogen-bond donors (Lipinski definition) is 1. The minimum atomic E-state index is -0.500. The second kappa shape index (κ2) is 9.98. The number of methoxy groups -OCH3 is 2. The summed E-state index contributed by atoms with van der Waals surface area (Å²) in [6.45, 7) is 2.72. The van der Waals surface area contributed by atoms with Crippen LogP contribution in [-0.4, -0.2) is 62.5 Å². The van der Waals surface area contributed by atoms with Crippen LogP contribution in [-0.2, 0) is 14.3 Å². The lowest BCUT2D eigenvalue weighted by Crippen LogP contribution is -2.40. The molecule has 0 aromatic heterocycles. The Hall–Kier alpha value is -2.52. The number of imide groups is 1. The van der Waals surface area contributed by atoms with Gasteiger partial charge in [0.15, 0.2) is 11.5 Å². The topological polar surface area (TPSA) is 94.2 Å². The lowest BCUT2D eigenvalue weighted by Gasteiger charge is -2.12. The van der Waals surface area contributed by atoms with Crippen molar-refractivity contribution in [1.82, 2.24) is 10.2 Å². The zero-order valence-corrected chi connectivity index (χ0v) is 16.3. The van der Waals surface area contributed by atoms with Crippen LogP contribution >= 0.6 is 11.8 Å². The van der Waals surface area contributed by atoms with Crippen LogP contribution in [0.25, 0.3) is 6.08 Å². The van der Waals surface area contributed by atoms with Crippen LogP contribution in [0.1, 0.15) is 12.5 Å². The van der Waals surface area contributed by atoms with Crippen LogP contribution in [0.5, 0.6) is 11.5 Å². The van der Waals surface area contributed by atoms with Crippen LogP contribution in [0.2, 0.25) is 0 Å². The van der Waals surface area contributed by atoms with Gasteiger partial charge in [-0.05, 0) is 42.5 Å². The first-order chi connectivity index (χ1) is 13.0. The van der Waals surface area contributed by atoms with Gasteiger partial charge in [-0.2, -0.15) is 0 Å². The minimum absolute atomic E-state index is 0.246. The van der Waals surface area contributed by atoms with Gasteiger partial charge in [-0.25, -0.2) is 0 Å². The van der Waals surface area contributed by atoms with Crippen molar-refractivity contribution in [3.63, 3.8) is 0 Å². The molecule has 0 radical (unpaired) electrons. The molecule has 1 fully saturated rings. The predicted molar refractivity (Wildman–Crippen MR) is 102 cm³/mol. The Morgan fingerprint density at radius 2 is 2.04 bits per heavy atom. The molecule has 0 spiro atoms. The fourth-order valence-electron chi connectivity index (χ4n) is 2.33. The molecule has 3 amide bonds. The molecule has 0 saturated carbocycles. The summed E-state index contributed by atoms with van der Waals surface area (Å²) in [6.07, 6.45) is 1.59. The van der Waals surface area contributed by atoms with Crippen LogP contribution in [0, 0.1) is 0 Å². The molecular formula is C18H22N2O6S. The van der Waals surface area contributed by atoms with Gasteiger partial charge in [-0.1, -0.05) is 6.07 Å². The Kier molecular flexibility index (Phi) is 7.68. The number of hydrogen-bond acceptors (Lipinski definition) is 7. The highest BCUT2D eigenvalue weighted by Crippen LogP contribution is 2.34. The number of carbonyl (C=O) groups is 3. The molecule has 27 heavy (non-hydrogen) atoms. The van der Waals surface area contributed by atoms with Crippen LogP contribution in [0.4, 0.5) is 4.79 Å². The highest BCUT2D eigenvalue weighted by atomic mass is 32.2. The number of ether oxygens (including phenoxy) is 3. The fourth-order valence-corrected chi connectivity index (χ4v) is 3.17. The Morgan fingerprint density at radius 3 is 2.70 bits per heavy atom. The fraction of sp³-hybridized carbons (Fsp3) is 0.389. The normalized spacial score (nSPS) is 15.4. The second-order valence-electron chi connectivity index (χ2n) is 5.45. The summed E-state index contributed by atoms with van der Waals surface area (Å²) in [4.78, 5) is 37.6. The molecule has 1 aliphatic heterocycles. The summed E-state index contributed by atoms with van der Waals surface area (Å²) in [6, 6.07) is 5.22. The minimum Gasteiger partial charge on any atom is -0.493 e.